The third-order valence-electron chi connectivity index (χ3n) is 10.4. The number of rotatable bonds is 5. The van der Waals surface area contributed by atoms with E-state index in [0.717, 1.165) is 31.5 Å². The number of hydrogen-bond acceptors (Lipinski definition) is 7. The van der Waals surface area contributed by atoms with Crippen molar-refractivity contribution in [3.8, 4) is 11.8 Å². The molecule has 5 aliphatic rings. The van der Waals surface area contributed by atoms with E-state index in [9.17, 15) is 5.11 Å². The second-order valence-corrected chi connectivity index (χ2v) is 12.8. The maximum atomic E-state index is 15.1. The molecule has 0 spiro atoms. The van der Waals surface area contributed by atoms with E-state index in [1.165, 1.54) is 68.9 Å². The van der Waals surface area contributed by atoms with E-state index in [1.807, 2.05) is 6.07 Å². The fourth-order valence-electron chi connectivity index (χ4n) is 8.58. The van der Waals surface area contributed by atoms with Crippen LogP contribution in [0.1, 0.15) is 74.2 Å². The number of nitrogens with one attached hydrogen (secondary N) is 1. The van der Waals surface area contributed by atoms with Gasteiger partial charge in [-0.2, -0.15) is 9.97 Å². The normalized spacial score (nSPS) is 27.2. The van der Waals surface area contributed by atoms with E-state index in [1.54, 1.807) is 18.2 Å². The Balaban J connectivity index is 1.15. The highest BCUT2D eigenvalue weighted by Crippen LogP contribution is 2.42. The van der Waals surface area contributed by atoms with Crippen LogP contribution in [0.25, 0.3) is 10.8 Å². The molecule has 2 N–H and O–H groups in total. The lowest BCUT2D eigenvalue weighted by Crippen LogP contribution is -2.43. The van der Waals surface area contributed by atoms with Crippen LogP contribution in [0.15, 0.2) is 30.3 Å². The molecule has 0 aliphatic carbocycles. The summed E-state index contributed by atoms with van der Waals surface area (Å²) < 4.78 is 21.6. The number of phenolic OH excluding ortho intramolecular Hbond substituents is 1. The summed E-state index contributed by atoms with van der Waals surface area (Å²) in [4.78, 5) is 15.0. The first-order valence-electron chi connectivity index (χ1n) is 15.2. The first-order valence-corrected chi connectivity index (χ1v) is 15.2. The number of piperidine rings is 1. The van der Waals surface area contributed by atoms with Gasteiger partial charge in [-0.25, -0.2) is 4.39 Å². The minimum atomic E-state index is -0.271. The number of anilines is 1. The smallest absolute Gasteiger partial charge is 0.316 e. The topological polar surface area (TPSA) is 73.8 Å². The molecule has 0 unspecified atom stereocenters. The second-order valence-electron chi connectivity index (χ2n) is 12.8. The summed E-state index contributed by atoms with van der Waals surface area (Å²) in [6, 6.07) is 10.0. The van der Waals surface area contributed by atoms with Gasteiger partial charge in [-0.1, -0.05) is 12.1 Å². The van der Waals surface area contributed by atoms with Crippen molar-refractivity contribution in [1.82, 2.24) is 20.2 Å². The molecular formula is C32H38FN5O2. The quantitative estimate of drug-likeness (QED) is 0.467. The summed E-state index contributed by atoms with van der Waals surface area (Å²) >= 11 is 0. The number of aromatic hydroxyl groups is 1. The molecule has 0 radical (unpaired) electrons. The Bertz CT molecular complexity index is 1440. The predicted octanol–water partition coefficient (Wildman–Crippen LogP) is 5.04. The third kappa shape index (κ3) is 4.14. The molecule has 40 heavy (non-hydrogen) atoms. The minimum Gasteiger partial charge on any atom is -0.508 e. The van der Waals surface area contributed by atoms with Gasteiger partial charge in [-0.15, -0.1) is 0 Å². The van der Waals surface area contributed by atoms with Gasteiger partial charge in [0.05, 0.1) is 29.2 Å². The van der Waals surface area contributed by atoms with Gasteiger partial charge in [0, 0.05) is 36.0 Å². The highest BCUT2D eigenvalue weighted by atomic mass is 19.1. The number of aromatic nitrogens is 2. The zero-order valence-electron chi connectivity index (χ0n) is 23.0. The van der Waals surface area contributed by atoms with E-state index in [0.29, 0.717) is 53.6 Å². The van der Waals surface area contributed by atoms with Crippen molar-refractivity contribution >= 4 is 16.5 Å². The number of phenols is 1. The lowest BCUT2D eigenvalue weighted by atomic mass is 9.85. The molecule has 3 atom stereocenters. The van der Waals surface area contributed by atoms with E-state index in [-0.39, 0.29) is 17.1 Å². The fraction of sp³-hybridized carbons (Fsp3) is 0.562. The molecule has 4 saturated heterocycles. The van der Waals surface area contributed by atoms with Crippen LogP contribution in [-0.4, -0.2) is 63.8 Å². The summed E-state index contributed by atoms with van der Waals surface area (Å²) in [5, 5.41) is 15.5. The Morgan fingerprint density at radius 2 is 1.85 bits per heavy atom. The molecule has 8 rings (SSSR count). The molecule has 5 aliphatic heterocycles. The number of hydrogen-bond donors (Lipinski definition) is 2. The lowest BCUT2D eigenvalue weighted by molar-refractivity contribution is 0.107. The monoisotopic (exact) mass is 543 g/mol. The Kier molecular flexibility index (Phi) is 5.92. The van der Waals surface area contributed by atoms with Crippen LogP contribution in [-0.2, 0) is 13.0 Å². The molecule has 2 aromatic carbocycles. The van der Waals surface area contributed by atoms with Crippen molar-refractivity contribution in [3.63, 3.8) is 0 Å². The summed E-state index contributed by atoms with van der Waals surface area (Å²) in [6.07, 6.45) is 10.4. The Morgan fingerprint density at radius 3 is 2.65 bits per heavy atom. The Hall–Kier alpha value is -2.97. The van der Waals surface area contributed by atoms with Gasteiger partial charge in [0.15, 0.2) is 0 Å². The molecule has 8 heteroatoms. The number of ether oxygens (including phenoxy) is 1. The lowest BCUT2D eigenvalue weighted by Gasteiger charge is -2.35. The SMILES string of the molecule is Oc1cc(N2CCc3c(nc(OCC45CCCN4CCC5)nc3[C@@H]3C[C@H]4CC[C@@H](C3)N4)C2)c2c(F)cccc2c1. The highest BCUT2D eigenvalue weighted by molar-refractivity contribution is 5.96. The van der Waals surface area contributed by atoms with Gasteiger partial charge in [0.1, 0.15) is 18.2 Å². The number of halogens is 1. The van der Waals surface area contributed by atoms with Crippen molar-refractivity contribution in [2.45, 2.75) is 87.9 Å². The van der Waals surface area contributed by atoms with Gasteiger partial charge in [0.25, 0.3) is 0 Å². The van der Waals surface area contributed by atoms with Gasteiger partial charge in [-0.3, -0.25) is 4.90 Å². The molecule has 1 aromatic heterocycles. The molecule has 0 saturated carbocycles. The number of benzene rings is 2. The highest BCUT2D eigenvalue weighted by Gasteiger charge is 2.45. The molecule has 7 nitrogen and oxygen atoms in total. The van der Waals surface area contributed by atoms with Crippen LogP contribution in [0.3, 0.4) is 0 Å². The largest absolute Gasteiger partial charge is 0.508 e. The zero-order chi connectivity index (χ0) is 26.8. The summed E-state index contributed by atoms with van der Waals surface area (Å²) in [7, 11) is 0. The standard InChI is InChI=1S/C32H38FN5O2/c33-26-5-1-4-20-16-24(39)17-28(29(20)26)37-13-8-25-27(18-37)35-31(40-19-32-9-2-11-38(32)12-3-10-32)36-30(25)21-14-22-6-7-23(15-21)34-22/h1,4-5,16-17,21-23,34,39H,2-3,6-15,18-19H2/t21-,22-,23+. The minimum absolute atomic E-state index is 0.136. The molecule has 210 valence electrons. The average Bonchev–Trinajstić information content (AvgIpc) is 3.64. The van der Waals surface area contributed by atoms with Gasteiger partial charge >= 0.3 is 6.01 Å². The fourth-order valence-corrected chi connectivity index (χ4v) is 8.58. The van der Waals surface area contributed by atoms with Gasteiger partial charge in [0.2, 0.25) is 0 Å². The van der Waals surface area contributed by atoms with Crippen LogP contribution in [0, 0.1) is 5.82 Å². The maximum absolute atomic E-state index is 15.1. The summed E-state index contributed by atoms with van der Waals surface area (Å²) in [5.74, 6) is 0.289. The van der Waals surface area contributed by atoms with Crippen LogP contribution >= 0.6 is 0 Å². The van der Waals surface area contributed by atoms with Crippen LogP contribution < -0.4 is 15.0 Å². The number of nitrogens with zero attached hydrogens (tertiary/aromatic N) is 4. The van der Waals surface area contributed by atoms with Crippen molar-refractivity contribution in [2.24, 2.45) is 0 Å². The molecule has 2 bridgehead atoms. The third-order valence-corrected chi connectivity index (χ3v) is 10.4. The van der Waals surface area contributed by atoms with E-state index in [4.69, 9.17) is 14.7 Å². The van der Waals surface area contributed by atoms with Gasteiger partial charge < -0.3 is 20.1 Å². The Labute approximate surface area is 234 Å². The van der Waals surface area contributed by atoms with Crippen molar-refractivity contribution in [1.29, 1.82) is 0 Å². The number of fused-ring (bicyclic) bond motifs is 5. The molecule has 3 aromatic rings. The van der Waals surface area contributed by atoms with Crippen molar-refractivity contribution in [2.75, 3.05) is 31.1 Å². The van der Waals surface area contributed by atoms with E-state index < -0.39 is 0 Å². The van der Waals surface area contributed by atoms with Gasteiger partial charge in [-0.05, 0) is 94.0 Å². The maximum Gasteiger partial charge on any atom is 0.316 e. The van der Waals surface area contributed by atoms with E-state index in [2.05, 4.69) is 15.1 Å². The van der Waals surface area contributed by atoms with Crippen molar-refractivity contribution < 1.29 is 14.2 Å². The van der Waals surface area contributed by atoms with Crippen LogP contribution in [0.4, 0.5) is 10.1 Å². The van der Waals surface area contributed by atoms with Crippen LogP contribution in [0.2, 0.25) is 0 Å². The predicted molar refractivity (Wildman–Crippen MR) is 153 cm³/mol. The Morgan fingerprint density at radius 1 is 1.05 bits per heavy atom. The molecule has 4 fully saturated rings. The molecule has 0 amide bonds. The van der Waals surface area contributed by atoms with E-state index >= 15 is 4.39 Å². The first-order chi connectivity index (χ1) is 19.5. The average molecular weight is 544 g/mol. The zero-order valence-corrected chi connectivity index (χ0v) is 23.0. The first kappa shape index (κ1) is 24.8. The van der Waals surface area contributed by atoms with Crippen molar-refractivity contribution in [3.05, 3.63) is 53.1 Å². The molecular weight excluding hydrogens is 505 g/mol. The molecule has 6 heterocycles. The van der Waals surface area contributed by atoms with Crippen LogP contribution in [0.5, 0.6) is 11.8 Å². The second kappa shape index (κ2) is 9.55. The summed E-state index contributed by atoms with van der Waals surface area (Å²) in [5.41, 5.74) is 4.26. The summed E-state index contributed by atoms with van der Waals surface area (Å²) in [6.45, 7) is 4.26.